The van der Waals surface area contributed by atoms with Crippen molar-refractivity contribution in [2.24, 2.45) is 29.4 Å². The standard InChI is InChI=1S/C14H22N2OS/c15-13(18)10-6-3-7-11(10)16-14(17)12-8-4-1-2-5-9(8)12/h8-12H,1-7H2,(H2,15,18)(H,16,17). The molecule has 0 aromatic heterocycles. The van der Waals surface area contributed by atoms with Gasteiger partial charge >= 0.3 is 0 Å². The van der Waals surface area contributed by atoms with Gasteiger partial charge in [-0.3, -0.25) is 4.79 Å². The summed E-state index contributed by atoms with van der Waals surface area (Å²) in [6.07, 6.45) is 8.34. The third-order valence-corrected chi connectivity index (χ3v) is 5.47. The van der Waals surface area contributed by atoms with Crippen LogP contribution in [0.25, 0.3) is 0 Å². The summed E-state index contributed by atoms with van der Waals surface area (Å²) in [5.74, 6) is 2.18. The maximum Gasteiger partial charge on any atom is 0.223 e. The Morgan fingerprint density at radius 2 is 1.72 bits per heavy atom. The Hall–Kier alpha value is -0.640. The number of nitrogens with one attached hydrogen (secondary N) is 1. The number of hydrogen-bond acceptors (Lipinski definition) is 2. The van der Waals surface area contributed by atoms with Gasteiger partial charge in [-0.05, 0) is 37.5 Å². The molecule has 3 aliphatic rings. The summed E-state index contributed by atoms with van der Waals surface area (Å²) in [7, 11) is 0. The number of rotatable bonds is 3. The van der Waals surface area contributed by atoms with E-state index in [1.807, 2.05) is 0 Å². The van der Waals surface area contributed by atoms with E-state index in [0.29, 0.717) is 22.7 Å². The first-order valence-corrected chi connectivity index (χ1v) is 7.69. The topological polar surface area (TPSA) is 55.1 Å². The Morgan fingerprint density at radius 3 is 2.33 bits per heavy atom. The molecule has 3 saturated carbocycles. The van der Waals surface area contributed by atoms with Gasteiger partial charge in [-0.25, -0.2) is 0 Å². The number of nitrogens with two attached hydrogens (primary N) is 1. The van der Waals surface area contributed by atoms with Gasteiger partial charge in [0, 0.05) is 17.9 Å². The van der Waals surface area contributed by atoms with Crippen molar-refractivity contribution in [2.75, 3.05) is 0 Å². The quantitative estimate of drug-likeness (QED) is 0.768. The van der Waals surface area contributed by atoms with Gasteiger partial charge in [0.25, 0.3) is 0 Å². The van der Waals surface area contributed by atoms with Crippen molar-refractivity contribution < 1.29 is 4.79 Å². The minimum atomic E-state index is 0.206. The van der Waals surface area contributed by atoms with Crippen LogP contribution in [0, 0.1) is 23.7 Å². The molecule has 0 spiro atoms. The van der Waals surface area contributed by atoms with Gasteiger partial charge in [-0.1, -0.05) is 31.5 Å². The normalized spacial score (nSPS) is 42.1. The molecule has 18 heavy (non-hydrogen) atoms. The van der Waals surface area contributed by atoms with E-state index in [4.69, 9.17) is 18.0 Å². The fourth-order valence-electron chi connectivity index (χ4n) is 4.13. The average Bonchev–Trinajstić information content (AvgIpc) is 2.90. The molecule has 0 bridgehead atoms. The number of hydrogen-bond donors (Lipinski definition) is 2. The van der Waals surface area contributed by atoms with Crippen LogP contribution in [0.4, 0.5) is 0 Å². The van der Waals surface area contributed by atoms with Crippen LogP contribution in [0.15, 0.2) is 0 Å². The van der Waals surface area contributed by atoms with Crippen molar-refractivity contribution in [1.82, 2.24) is 5.32 Å². The van der Waals surface area contributed by atoms with Crippen molar-refractivity contribution in [1.29, 1.82) is 0 Å². The summed E-state index contributed by atoms with van der Waals surface area (Å²) in [4.78, 5) is 12.9. The minimum absolute atomic E-state index is 0.206. The molecule has 0 heterocycles. The molecule has 1 amide bonds. The van der Waals surface area contributed by atoms with Crippen molar-refractivity contribution >= 4 is 23.1 Å². The van der Waals surface area contributed by atoms with Gasteiger partial charge in [0.2, 0.25) is 5.91 Å². The van der Waals surface area contributed by atoms with Crippen LogP contribution < -0.4 is 11.1 Å². The molecule has 0 radical (unpaired) electrons. The highest BCUT2D eigenvalue weighted by atomic mass is 32.1. The third-order valence-electron chi connectivity index (χ3n) is 5.17. The fraction of sp³-hybridized carbons (Fsp3) is 0.857. The zero-order valence-electron chi connectivity index (χ0n) is 10.7. The van der Waals surface area contributed by atoms with Crippen molar-refractivity contribution in [3.8, 4) is 0 Å². The summed E-state index contributed by atoms with van der Waals surface area (Å²) in [5, 5.41) is 3.22. The first-order chi connectivity index (χ1) is 8.68. The maximum atomic E-state index is 12.3. The molecule has 3 rings (SSSR count). The van der Waals surface area contributed by atoms with E-state index in [-0.39, 0.29) is 17.9 Å². The van der Waals surface area contributed by atoms with E-state index in [1.165, 1.54) is 25.7 Å². The Bertz CT molecular complexity index is 359. The van der Waals surface area contributed by atoms with Crippen LogP contribution in [-0.2, 0) is 4.79 Å². The molecule has 3 fully saturated rings. The number of carbonyl (C=O) groups excluding carboxylic acids is 1. The summed E-state index contributed by atoms with van der Waals surface area (Å²) in [5.41, 5.74) is 5.75. The summed E-state index contributed by atoms with van der Waals surface area (Å²) < 4.78 is 0. The summed E-state index contributed by atoms with van der Waals surface area (Å²) in [6.45, 7) is 0. The number of fused-ring (bicyclic) bond motifs is 1. The molecule has 4 unspecified atom stereocenters. The first-order valence-electron chi connectivity index (χ1n) is 7.28. The molecule has 0 aromatic carbocycles. The smallest absolute Gasteiger partial charge is 0.223 e. The lowest BCUT2D eigenvalue weighted by atomic mass is 10.0. The van der Waals surface area contributed by atoms with Gasteiger partial charge in [0.1, 0.15) is 0 Å². The molecule has 3 nitrogen and oxygen atoms in total. The third kappa shape index (κ3) is 2.15. The van der Waals surface area contributed by atoms with Crippen LogP contribution in [0.3, 0.4) is 0 Å². The average molecular weight is 266 g/mol. The van der Waals surface area contributed by atoms with Crippen molar-refractivity contribution in [3.63, 3.8) is 0 Å². The number of amides is 1. The second-order valence-corrected chi connectivity index (χ2v) is 6.66. The number of carbonyl (C=O) groups is 1. The van der Waals surface area contributed by atoms with Gasteiger partial charge < -0.3 is 11.1 Å². The van der Waals surface area contributed by atoms with Crippen LogP contribution in [0.5, 0.6) is 0 Å². The summed E-state index contributed by atoms with van der Waals surface area (Å²) in [6, 6.07) is 0.206. The lowest BCUT2D eigenvalue weighted by molar-refractivity contribution is -0.123. The van der Waals surface area contributed by atoms with Crippen LogP contribution in [-0.4, -0.2) is 16.9 Å². The van der Waals surface area contributed by atoms with Crippen molar-refractivity contribution in [2.45, 2.75) is 51.0 Å². The molecule has 0 aromatic rings. The Morgan fingerprint density at radius 1 is 1.06 bits per heavy atom. The maximum absolute atomic E-state index is 12.3. The Kier molecular flexibility index (Phi) is 3.31. The highest BCUT2D eigenvalue weighted by Gasteiger charge is 2.55. The van der Waals surface area contributed by atoms with Crippen molar-refractivity contribution in [3.05, 3.63) is 0 Å². The fourth-order valence-corrected chi connectivity index (χ4v) is 4.42. The molecular weight excluding hydrogens is 244 g/mol. The zero-order chi connectivity index (χ0) is 12.7. The van der Waals surface area contributed by atoms with Crippen LogP contribution >= 0.6 is 12.2 Å². The molecule has 4 heteroatoms. The van der Waals surface area contributed by atoms with E-state index in [0.717, 1.165) is 19.3 Å². The minimum Gasteiger partial charge on any atom is -0.393 e. The van der Waals surface area contributed by atoms with Crippen LogP contribution in [0.1, 0.15) is 44.9 Å². The van der Waals surface area contributed by atoms with E-state index >= 15 is 0 Å². The van der Waals surface area contributed by atoms with E-state index in [2.05, 4.69) is 5.32 Å². The SMILES string of the molecule is NC(=S)C1CCCC1NC(=O)C1C2CCCCC21. The predicted molar refractivity (Wildman–Crippen MR) is 75.0 cm³/mol. The van der Waals surface area contributed by atoms with E-state index < -0.39 is 0 Å². The molecule has 0 aliphatic heterocycles. The highest BCUT2D eigenvalue weighted by Crippen LogP contribution is 2.55. The lowest BCUT2D eigenvalue weighted by Gasteiger charge is -2.20. The van der Waals surface area contributed by atoms with E-state index in [1.54, 1.807) is 0 Å². The van der Waals surface area contributed by atoms with Crippen LogP contribution in [0.2, 0.25) is 0 Å². The Balaban J connectivity index is 1.56. The number of thiocarbonyl (C=S) groups is 1. The highest BCUT2D eigenvalue weighted by molar-refractivity contribution is 7.80. The molecule has 0 saturated heterocycles. The monoisotopic (exact) mass is 266 g/mol. The second kappa shape index (κ2) is 4.80. The van der Waals surface area contributed by atoms with Gasteiger partial charge in [0.15, 0.2) is 0 Å². The second-order valence-electron chi connectivity index (χ2n) is 6.19. The largest absolute Gasteiger partial charge is 0.393 e. The molecule has 100 valence electrons. The predicted octanol–water partition coefficient (Wildman–Crippen LogP) is 1.99. The first kappa shape index (κ1) is 12.4. The lowest BCUT2D eigenvalue weighted by Crippen LogP contribution is -2.42. The van der Waals surface area contributed by atoms with Gasteiger partial charge in [0.05, 0.1) is 4.99 Å². The molecule has 3 N–H and O–H groups in total. The van der Waals surface area contributed by atoms with Gasteiger partial charge in [-0.2, -0.15) is 0 Å². The van der Waals surface area contributed by atoms with Gasteiger partial charge in [-0.15, -0.1) is 0 Å². The Labute approximate surface area is 114 Å². The molecular formula is C14H22N2OS. The van der Waals surface area contributed by atoms with E-state index in [9.17, 15) is 4.79 Å². The zero-order valence-corrected chi connectivity index (χ0v) is 11.5. The summed E-state index contributed by atoms with van der Waals surface area (Å²) >= 11 is 5.10. The molecule has 3 aliphatic carbocycles. The molecule has 4 atom stereocenters.